The Labute approximate surface area is 68.4 Å². The first-order valence-electron chi connectivity index (χ1n) is 3.95. The largest absolute Gasteiger partial charge is 0.351 e. The first-order chi connectivity index (χ1) is 5.15. The maximum absolute atomic E-state index is 3.75. The minimum atomic E-state index is 0.544. The SMILES string of the molecule is C=Cc1cn(C(C)C)cc1C. The Morgan fingerprint density at radius 3 is 2.36 bits per heavy atom. The van der Waals surface area contributed by atoms with Crippen LogP contribution >= 0.6 is 0 Å². The van der Waals surface area contributed by atoms with Gasteiger partial charge in [-0.15, -0.1) is 0 Å². The van der Waals surface area contributed by atoms with Crippen molar-refractivity contribution < 1.29 is 0 Å². The Morgan fingerprint density at radius 2 is 2.09 bits per heavy atom. The van der Waals surface area contributed by atoms with Gasteiger partial charge in [0.15, 0.2) is 0 Å². The molecule has 11 heavy (non-hydrogen) atoms. The molecule has 0 saturated carbocycles. The van der Waals surface area contributed by atoms with Crippen molar-refractivity contribution in [2.75, 3.05) is 0 Å². The van der Waals surface area contributed by atoms with Crippen molar-refractivity contribution in [3.8, 4) is 0 Å². The van der Waals surface area contributed by atoms with Crippen molar-refractivity contribution in [3.63, 3.8) is 0 Å². The van der Waals surface area contributed by atoms with Gasteiger partial charge >= 0.3 is 0 Å². The van der Waals surface area contributed by atoms with Gasteiger partial charge in [0.25, 0.3) is 0 Å². The third kappa shape index (κ3) is 1.53. The summed E-state index contributed by atoms with van der Waals surface area (Å²) in [6, 6.07) is 0.544. The molecule has 0 fully saturated rings. The van der Waals surface area contributed by atoms with E-state index in [9.17, 15) is 0 Å². The maximum Gasteiger partial charge on any atom is 0.0274 e. The number of rotatable bonds is 2. The topological polar surface area (TPSA) is 4.93 Å². The van der Waals surface area contributed by atoms with Crippen molar-refractivity contribution in [2.45, 2.75) is 26.8 Å². The minimum Gasteiger partial charge on any atom is -0.351 e. The van der Waals surface area contributed by atoms with Crippen molar-refractivity contribution in [1.29, 1.82) is 0 Å². The molecule has 1 rings (SSSR count). The molecule has 0 aliphatic rings. The number of hydrogen-bond acceptors (Lipinski definition) is 0. The minimum absolute atomic E-state index is 0.544. The summed E-state index contributed by atoms with van der Waals surface area (Å²) in [5.74, 6) is 0. The maximum atomic E-state index is 3.75. The molecule has 0 radical (unpaired) electrons. The van der Waals surface area contributed by atoms with Gasteiger partial charge in [-0.3, -0.25) is 0 Å². The molecule has 0 atom stereocenters. The molecule has 0 aliphatic heterocycles. The smallest absolute Gasteiger partial charge is 0.0274 e. The van der Waals surface area contributed by atoms with E-state index in [0.717, 1.165) is 0 Å². The van der Waals surface area contributed by atoms with Crippen LogP contribution in [-0.2, 0) is 0 Å². The fourth-order valence-corrected chi connectivity index (χ4v) is 1.11. The Morgan fingerprint density at radius 1 is 1.45 bits per heavy atom. The van der Waals surface area contributed by atoms with Crippen LogP contribution in [-0.4, -0.2) is 4.57 Å². The highest BCUT2D eigenvalue weighted by Gasteiger charge is 2.00. The lowest BCUT2D eigenvalue weighted by atomic mass is 10.2. The van der Waals surface area contributed by atoms with Crippen molar-refractivity contribution in [3.05, 3.63) is 30.1 Å². The van der Waals surface area contributed by atoms with Crippen LogP contribution in [0.2, 0.25) is 0 Å². The van der Waals surface area contributed by atoms with Gasteiger partial charge in [-0.2, -0.15) is 0 Å². The van der Waals surface area contributed by atoms with Gasteiger partial charge in [-0.05, 0) is 31.9 Å². The summed E-state index contributed by atoms with van der Waals surface area (Å²) in [4.78, 5) is 0. The predicted molar refractivity (Wildman–Crippen MR) is 49.6 cm³/mol. The summed E-state index contributed by atoms with van der Waals surface area (Å²) < 4.78 is 2.20. The van der Waals surface area contributed by atoms with Crippen LogP contribution < -0.4 is 0 Å². The summed E-state index contributed by atoms with van der Waals surface area (Å²) >= 11 is 0. The molecule has 0 saturated heterocycles. The Balaban J connectivity index is 3.04. The van der Waals surface area contributed by atoms with Crippen molar-refractivity contribution in [1.82, 2.24) is 4.57 Å². The molecule has 1 heterocycles. The van der Waals surface area contributed by atoms with Crippen LogP contribution in [0.15, 0.2) is 19.0 Å². The Hall–Kier alpha value is -0.980. The van der Waals surface area contributed by atoms with E-state index in [1.54, 1.807) is 0 Å². The summed E-state index contributed by atoms with van der Waals surface area (Å²) in [6.45, 7) is 10.2. The standard InChI is InChI=1S/C10H15N/c1-5-10-7-11(8(2)3)6-9(10)4/h5-8H,1H2,2-4H3. The molecule has 0 bridgehead atoms. The molecular formula is C10H15N. The van der Waals surface area contributed by atoms with E-state index in [-0.39, 0.29) is 0 Å². The molecule has 0 N–H and O–H groups in total. The molecule has 0 unspecified atom stereocenters. The highest BCUT2D eigenvalue weighted by molar-refractivity contribution is 5.50. The number of aromatic nitrogens is 1. The van der Waals surface area contributed by atoms with E-state index in [0.29, 0.717) is 6.04 Å². The van der Waals surface area contributed by atoms with E-state index in [1.165, 1.54) is 11.1 Å². The molecule has 1 aromatic heterocycles. The van der Waals surface area contributed by atoms with Crippen LogP contribution in [0, 0.1) is 6.92 Å². The van der Waals surface area contributed by atoms with E-state index in [1.807, 2.05) is 6.08 Å². The van der Waals surface area contributed by atoms with Crippen LogP contribution in [0.25, 0.3) is 6.08 Å². The van der Waals surface area contributed by atoms with Gasteiger partial charge in [0.05, 0.1) is 0 Å². The molecular weight excluding hydrogens is 134 g/mol. The van der Waals surface area contributed by atoms with Crippen LogP contribution in [0.5, 0.6) is 0 Å². The zero-order valence-corrected chi connectivity index (χ0v) is 7.46. The molecule has 0 amide bonds. The quantitative estimate of drug-likeness (QED) is 0.609. The van der Waals surface area contributed by atoms with Gasteiger partial charge in [-0.25, -0.2) is 0 Å². The van der Waals surface area contributed by atoms with E-state index < -0.39 is 0 Å². The second kappa shape index (κ2) is 2.95. The van der Waals surface area contributed by atoms with Gasteiger partial charge < -0.3 is 4.57 Å². The van der Waals surface area contributed by atoms with E-state index in [2.05, 4.69) is 44.3 Å². The zero-order valence-electron chi connectivity index (χ0n) is 7.46. The van der Waals surface area contributed by atoms with Crippen LogP contribution in [0.3, 0.4) is 0 Å². The number of nitrogens with zero attached hydrogens (tertiary/aromatic N) is 1. The average Bonchev–Trinajstić information content (AvgIpc) is 2.31. The van der Waals surface area contributed by atoms with E-state index in [4.69, 9.17) is 0 Å². The Kier molecular flexibility index (Phi) is 2.18. The van der Waals surface area contributed by atoms with Gasteiger partial charge in [0.1, 0.15) is 0 Å². The summed E-state index contributed by atoms with van der Waals surface area (Å²) in [5.41, 5.74) is 2.53. The van der Waals surface area contributed by atoms with Crippen LogP contribution in [0.1, 0.15) is 31.0 Å². The lowest BCUT2D eigenvalue weighted by Gasteiger charge is -2.04. The second-order valence-corrected chi connectivity index (χ2v) is 3.14. The number of aryl methyl sites for hydroxylation is 1. The Bertz CT molecular complexity index is 256. The highest BCUT2D eigenvalue weighted by atomic mass is 15.0. The molecule has 1 aromatic rings. The second-order valence-electron chi connectivity index (χ2n) is 3.14. The lowest BCUT2D eigenvalue weighted by Crippen LogP contribution is -1.95. The summed E-state index contributed by atoms with van der Waals surface area (Å²) in [7, 11) is 0. The fraction of sp³-hybridized carbons (Fsp3) is 0.400. The highest BCUT2D eigenvalue weighted by Crippen LogP contribution is 2.14. The average molecular weight is 149 g/mol. The molecule has 1 heteroatoms. The molecule has 60 valence electrons. The lowest BCUT2D eigenvalue weighted by molar-refractivity contribution is 0.603. The van der Waals surface area contributed by atoms with Gasteiger partial charge in [0.2, 0.25) is 0 Å². The van der Waals surface area contributed by atoms with E-state index >= 15 is 0 Å². The summed E-state index contributed by atoms with van der Waals surface area (Å²) in [6.07, 6.45) is 6.18. The third-order valence-electron chi connectivity index (χ3n) is 1.90. The summed E-state index contributed by atoms with van der Waals surface area (Å²) in [5, 5.41) is 0. The number of hydrogen-bond donors (Lipinski definition) is 0. The van der Waals surface area contributed by atoms with Crippen LogP contribution in [0.4, 0.5) is 0 Å². The third-order valence-corrected chi connectivity index (χ3v) is 1.90. The zero-order chi connectivity index (χ0) is 8.43. The van der Waals surface area contributed by atoms with Gasteiger partial charge in [-0.1, -0.05) is 12.7 Å². The fourth-order valence-electron chi connectivity index (χ4n) is 1.11. The normalized spacial score (nSPS) is 10.5. The van der Waals surface area contributed by atoms with Gasteiger partial charge in [0, 0.05) is 18.4 Å². The molecule has 1 nitrogen and oxygen atoms in total. The van der Waals surface area contributed by atoms with Crippen molar-refractivity contribution in [2.24, 2.45) is 0 Å². The first kappa shape index (κ1) is 8.12. The molecule has 0 aliphatic carbocycles. The molecule has 0 spiro atoms. The molecule has 0 aromatic carbocycles. The monoisotopic (exact) mass is 149 g/mol. The van der Waals surface area contributed by atoms with Crippen molar-refractivity contribution >= 4 is 6.08 Å². The predicted octanol–water partition coefficient (Wildman–Crippen LogP) is 3.02. The first-order valence-corrected chi connectivity index (χ1v) is 3.95.